The van der Waals surface area contributed by atoms with E-state index in [1.165, 1.54) is 6.42 Å². The Balaban J connectivity index is 2.23. The Morgan fingerprint density at radius 3 is 2.23 bits per heavy atom. The molecular formula is C11H20O2. The lowest BCUT2D eigenvalue weighted by Crippen LogP contribution is -2.66. The van der Waals surface area contributed by atoms with Gasteiger partial charge in [0, 0.05) is 7.11 Å². The minimum Gasteiger partial charge on any atom is -0.387 e. The van der Waals surface area contributed by atoms with Crippen molar-refractivity contribution < 1.29 is 9.84 Å². The van der Waals surface area contributed by atoms with Crippen molar-refractivity contribution in [2.75, 3.05) is 7.11 Å². The predicted octanol–water partition coefficient (Wildman–Crippen LogP) is 1.82. The summed E-state index contributed by atoms with van der Waals surface area (Å²) in [5.74, 6) is 1.17. The van der Waals surface area contributed by atoms with Crippen LogP contribution in [0, 0.1) is 17.3 Å². The molecular weight excluding hydrogens is 164 g/mol. The van der Waals surface area contributed by atoms with Crippen LogP contribution in [0.4, 0.5) is 0 Å². The molecule has 2 bridgehead atoms. The van der Waals surface area contributed by atoms with Gasteiger partial charge in [0.1, 0.15) is 0 Å². The van der Waals surface area contributed by atoms with Crippen LogP contribution in [0.15, 0.2) is 0 Å². The molecule has 0 aromatic rings. The van der Waals surface area contributed by atoms with E-state index in [0.29, 0.717) is 11.3 Å². The van der Waals surface area contributed by atoms with Gasteiger partial charge in [-0.25, -0.2) is 0 Å². The molecule has 0 spiro atoms. The maximum atomic E-state index is 10.4. The molecule has 0 aromatic heterocycles. The molecule has 0 unspecified atom stereocenters. The topological polar surface area (TPSA) is 29.5 Å². The van der Waals surface area contributed by atoms with Crippen LogP contribution < -0.4 is 0 Å². The Bertz CT molecular complexity index is 220. The fourth-order valence-electron chi connectivity index (χ4n) is 3.46. The predicted molar refractivity (Wildman–Crippen MR) is 51.4 cm³/mol. The van der Waals surface area contributed by atoms with E-state index in [4.69, 9.17) is 4.74 Å². The number of fused-ring (bicyclic) bond motifs is 2. The average Bonchev–Trinajstić information content (AvgIpc) is 2.01. The number of aliphatic hydroxyl groups is 1. The Morgan fingerprint density at radius 1 is 1.23 bits per heavy atom. The quantitative estimate of drug-likeness (QED) is 0.673. The lowest BCUT2D eigenvalue weighted by Gasteiger charge is -2.64. The fourth-order valence-corrected chi connectivity index (χ4v) is 3.46. The third kappa shape index (κ3) is 1.02. The minimum atomic E-state index is -0.618. The largest absolute Gasteiger partial charge is 0.387 e. The number of methoxy groups -OCH3 is 1. The second kappa shape index (κ2) is 2.48. The van der Waals surface area contributed by atoms with Crippen LogP contribution in [0.2, 0.25) is 0 Å². The fraction of sp³-hybridized carbons (Fsp3) is 1.00. The molecule has 13 heavy (non-hydrogen) atoms. The van der Waals surface area contributed by atoms with E-state index < -0.39 is 5.60 Å². The molecule has 0 aliphatic heterocycles. The van der Waals surface area contributed by atoms with Gasteiger partial charge in [-0.1, -0.05) is 13.8 Å². The molecule has 0 heterocycles. The molecule has 4 atom stereocenters. The zero-order valence-electron chi connectivity index (χ0n) is 9.00. The van der Waals surface area contributed by atoms with Crippen LogP contribution in [0.5, 0.6) is 0 Å². The van der Waals surface area contributed by atoms with Crippen molar-refractivity contribution in [1.29, 1.82) is 0 Å². The summed E-state index contributed by atoms with van der Waals surface area (Å²) in [6.45, 7) is 6.47. The molecule has 76 valence electrons. The van der Waals surface area contributed by atoms with Crippen molar-refractivity contribution in [3.63, 3.8) is 0 Å². The molecule has 0 radical (unpaired) electrons. The number of rotatable bonds is 1. The lowest BCUT2D eigenvalue weighted by molar-refractivity contribution is -0.251. The van der Waals surface area contributed by atoms with Gasteiger partial charge in [-0.05, 0) is 37.0 Å². The molecule has 0 saturated heterocycles. The third-order valence-corrected chi connectivity index (χ3v) is 4.61. The van der Waals surface area contributed by atoms with Gasteiger partial charge in [0.05, 0.1) is 11.7 Å². The second-order valence-electron chi connectivity index (χ2n) is 5.49. The summed E-state index contributed by atoms with van der Waals surface area (Å²) >= 11 is 0. The SMILES string of the molecule is CO[C@H]1C[C@H]2C[C@H](C2(C)C)[C@]1(C)O. The van der Waals surface area contributed by atoms with Gasteiger partial charge >= 0.3 is 0 Å². The molecule has 3 rings (SSSR count). The summed E-state index contributed by atoms with van der Waals surface area (Å²) in [6, 6.07) is 0. The Hall–Kier alpha value is -0.0800. The highest BCUT2D eigenvalue weighted by atomic mass is 16.5. The minimum absolute atomic E-state index is 0.0456. The molecule has 2 heteroatoms. The maximum absolute atomic E-state index is 10.4. The Morgan fingerprint density at radius 2 is 1.85 bits per heavy atom. The average molecular weight is 184 g/mol. The van der Waals surface area contributed by atoms with E-state index in [9.17, 15) is 5.11 Å². The normalized spacial score (nSPS) is 52.8. The highest BCUT2D eigenvalue weighted by molar-refractivity contribution is 5.12. The Labute approximate surface area is 80.3 Å². The van der Waals surface area contributed by atoms with Crippen molar-refractivity contribution >= 4 is 0 Å². The highest BCUT2D eigenvalue weighted by Gasteiger charge is 2.62. The zero-order valence-corrected chi connectivity index (χ0v) is 9.00. The third-order valence-electron chi connectivity index (χ3n) is 4.61. The lowest BCUT2D eigenvalue weighted by atomic mass is 9.43. The summed E-state index contributed by atoms with van der Waals surface area (Å²) in [6.07, 6.45) is 2.25. The molecule has 3 saturated carbocycles. The van der Waals surface area contributed by atoms with Gasteiger partial charge in [0.25, 0.3) is 0 Å². The number of hydrogen-bond donors (Lipinski definition) is 1. The van der Waals surface area contributed by atoms with Crippen LogP contribution in [-0.4, -0.2) is 23.9 Å². The molecule has 3 fully saturated rings. The van der Waals surface area contributed by atoms with Crippen LogP contribution in [0.25, 0.3) is 0 Å². The monoisotopic (exact) mass is 184 g/mol. The standard InChI is InChI=1S/C11H20O2/c1-10(2)7-5-8(10)11(3,12)9(6-7)13-4/h7-9,12H,5-6H2,1-4H3/t7-,8-,9+,11+/m1/s1. The van der Waals surface area contributed by atoms with Crippen LogP contribution in [0.1, 0.15) is 33.6 Å². The molecule has 0 amide bonds. The summed E-state index contributed by atoms with van der Waals surface area (Å²) in [4.78, 5) is 0. The van der Waals surface area contributed by atoms with Gasteiger partial charge in [0.2, 0.25) is 0 Å². The van der Waals surface area contributed by atoms with E-state index in [1.807, 2.05) is 6.92 Å². The molecule has 0 aromatic carbocycles. The molecule has 2 nitrogen and oxygen atoms in total. The summed E-state index contributed by atoms with van der Waals surface area (Å²) in [5, 5.41) is 10.4. The number of hydrogen-bond acceptors (Lipinski definition) is 2. The van der Waals surface area contributed by atoms with Gasteiger partial charge in [-0.3, -0.25) is 0 Å². The first-order valence-electron chi connectivity index (χ1n) is 5.16. The van der Waals surface area contributed by atoms with E-state index in [-0.39, 0.29) is 6.10 Å². The van der Waals surface area contributed by atoms with E-state index in [2.05, 4.69) is 13.8 Å². The summed E-state index contributed by atoms with van der Waals surface area (Å²) < 4.78 is 5.35. The summed E-state index contributed by atoms with van der Waals surface area (Å²) in [7, 11) is 1.71. The van der Waals surface area contributed by atoms with Gasteiger partial charge in [0.15, 0.2) is 0 Å². The molecule has 3 aliphatic rings. The van der Waals surface area contributed by atoms with Crippen molar-refractivity contribution in [2.45, 2.75) is 45.3 Å². The highest BCUT2D eigenvalue weighted by Crippen LogP contribution is 2.62. The van der Waals surface area contributed by atoms with E-state index in [1.54, 1.807) is 7.11 Å². The van der Waals surface area contributed by atoms with Crippen molar-refractivity contribution in [3.8, 4) is 0 Å². The van der Waals surface area contributed by atoms with Crippen LogP contribution >= 0.6 is 0 Å². The van der Waals surface area contributed by atoms with E-state index >= 15 is 0 Å². The molecule has 1 N–H and O–H groups in total. The van der Waals surface area contributed by atoms with Crippen molar-refractivity contribution in [2.24, 2.45) is 17.3 Å². The Kier molecular flexibility index (Phi) is 1.81. The van der Waals surface area contributed by atoms with Gasteiger partial charge < -0.3 is 9.84 Å². The first-order valence-corrected chi connectivity index (χ1v) is 5.16. The first-order chi connectivity index (χ1) is 5.90. The van der Waals surface area contributed by atoms with Gasteiger partial charge in [-0.2, -0.15) is 0 Å². The smallest absolute Gasteiger partial charge is 0.0913 e. The second-order valence-corrected chi connectivity index (χ2v) is 5.49. The van der Waals surface area contributed by atoms with Crippen molar-refractivity contribution in [3.05, 3.63) is 0 Å². The summed E-state index contributed by atoms with van der Waals surface area (Å²) in [5.41, 5.74) is -0.300. The van der Waals surface area contributed by atoms with Gasteiger partial charge in [-0.15, -0.1) is 0 Å². The maximum Gasteiger partial charge on any atom is 0.0913 e. The number of ether oxygens (including phenoxy) is 1. The van der Waals surface area contributed by atoms with Crippen LogP contribution in [0.3, 0.4) is 0 Å². The zero-order chi connectivity index (χ0) is 9.85. The first kappa shape index (κ1) is 9.47. The van der Waals surface area contributed by atoms with Crippen LogP contribution in [-0.2, 0) is 4.74 Å². The van der Waals surface area contributed by atoms with Crippen molar-refractivity contribution in [1.82, 2.24) is 0 Å². The van der Waals surface area contributed by atoms with E-state index in [0.717, 1.165) is 12.3 Å². The molecule has 3 aliphatic carbocycles.